The molecule has 0 saturated carbocycles. The molecule has 0 fully saturated rings. The summed E-state index contributed by atoms with van der Waals surface area (Å²) >= 11 is 3.39. The third-order valence-electron chi connectivity index (χ3n) is 3.55. The smallest absolute Gasteiger partial charge is 0.255 e. The molecular formula is C18H17BrN4O3. The summed E-state index contributed by atoms with van der Waals surface area (Å²) in [6.45, 7) is 2.18. The van der Waals surface area contributed by atoms with E-state index in [0.717, 1.165) is 4.47 Å². The van der Waals surface area contributed by atoms with E-state index in [1.807, 2.05) is 31.2 Å². The molecular weight excluding hydrogens is 400 g/mol. The summed E-state index contributed by atoms with van der Waals surface area (Å²) in [5.74, 6) is 1.90. The third kappa shape index (κ3) is 4.45. The highest BCUT2D eigenvalue weighted by Crippen LogP contribution is 2.23. The average Bonchev–Trinajstić information content (AvgIpc) is 3.09. The molecule has 8 heteroatoms. The van der Waals surface area contributed by atoms with Crippen LogP contribution in [0.5, 0.6) is 11.6 Å². The number of amides is 1. The lowest BCUT2D eigenvalue weighted by atomic mass is 10.2. The van der Waals surface area contributed by atoms with Gasteiger partial charge in [-0.15, -0.1) is 0 Å². The van der Waals surface area contributed by atoms with Crippen LogP contribution in [0.2, 0.25) is 0 Å². The first-order chi connectivity index (χ1) is 12.5. The standard InChI is InChI=1S/C18H17BrN4O3/c1-3-15-21-17(26-22-15)11-23(2)18(24)12-7-8-16(20-10-12)25-14-6-4-5-13(19)9-14/h4-10H,3,11H2,1-2H3. The molecule has 0 unspecified atom stereocenters. The molecule has 3 rings (SSSR count). The Kier molecular flexibility index (Phi) is 5.62. The summed E-state index contributed by atoms with van der Waals surface area (Å²) in [6.07, 6.45) is 2.17. The zero-order valence-electron chi connectivity index (χ0n) is 14.3. The summed E-state index contributed by atoms with van der Waals surface area (Å²) in [6, 6.07) is 10.8. The topological polar surface area (TPSA) is 81.4 Å². The highest BCUT2D eigenvalue weighted by molar-refractivity contribution is 9.10. The maximum absolute atomic E-state index is 12.5. The normalized spacial score (nSPS) is 10.6. The number of halogens is 1. The van der Waals surface area contributed by atoms with E-state index in [-0.39, 0.29) is 12.5 Å². The van der Waals surface area contributed by atoms with Gasteiger partial charge in [0.1, 0.15) is 5.75 Å². The Bertz CT molecular complexity index is 895. The Hall–Kier alpha value is -2.74. The van der Waals surface area contributed by atoms with Crippen LogP contribution in [0.15, 0.2) is 51.6 Å². The first kappa shape index (κ1) is 18.1. The quantitative estimate of drug-likeness (QED) is 0.606. The van der Waals surface area contributed by atoms with Gasteiger partial charge in [-0.25, -0.2) is 4.98 Å². The number of ether oxygens (including phenoxy) is 1. The van der Waals surface area contributed by atoms with Crippen molar-refractivity contribution >= 4 is 21.8 Å². The van der Waals surface area contributed by atoms with Crippen molar-refractivity contribution in [2.75, 3.05) is 7.05 Å². The van der Waals surface area contributed by atoms with Crippen LogP contribution in [-0.2, 0) is 13.0 Å². The molecule has 1 amide bonds. The minimum Gasteiger partial charge on any atom is -0.439 e. The highest BCUT2D eigenvalue weighted by atomic mass is 79.9. The minimum atomic E-state index is -0.192. The Morgan fingerprint density at radius 1 is 1.31 bits per heavy atom. The summed E-state index contributed by atoms with van der Waals surface area (Å²) < 4.78 is 11.7. The summed E-state index contributed by atoms with van der Waals surface area (Å²) in [4.78, 5) is 22.4. The molecule has 3 aromatic rings. The second-order valence-electron chi connectivity index (χ2n) is 5.56. The summed E-state index contributed by atoms with van der Waals surface area (Å²) in [5.41, 5.74) is 0.448. The van der Waals surface area contributed by atoms with Crippen molar-refractivity contribution in [2.24, 2.45) is 0 Å². The number of aromatic nitrogens is 3. The van der Waals surface area contributed by atoms with Gasteiger partial charge in [0.05, 0.1) is 12.1 Å². The predicted molar refractivity (Wildman–Crippen MR) is 97.9 cm³/mol. The van der Waals surface area contributed by atoms with Gasteiger partial charge in [0.2, 0.25) is 11.8 Å². The lowest BCUT2D eigenvalue weighted by Gasteiger charge is -2.14. The largest absolute Gasteiger partial charge is 0.439 e. The van der Waals surface area contributed by atoms with E-state index in [1.54, 1.807) is 19.2 Å². The number of pyridine rings is 1. The lowest BCUT2D eigenvalue weighted by Crippen LogP contribution is -2.26. The highest BCUT2D eigenvalue weighted by Gasteiger charge is 2.16. The predicted octanol–water partition coefficient (Wildman–Crippen LogP) is 3.85. The van der Waals surface area contributed by atoms with Crippen molar-refractivity contribution in [2.45, 2.75) is 19.9 Å². The van der Waals surface area contributed by atoms with Crippen LogP contribution in [0, 0.1) is 0 Å². The van der Waals surface area contributed by atoms with Gasteiger partial charge in [-0.1, -0.05) is 34.1 Å². The van der Waals surface area contributed by atoms with E-state index >= 15 is 0 Å². The molecule has 7 nitrogen and oxygen atoms in total. The van der Waals surface area contributed by atoms with Crippen LogP contribution >= 0.6 is 15.9 Å². The molecule has 0 spiro atoms. The molecule has 0 aliphatic heterocycles. The van der Waals surface area contributed by atoms with Gasteiger partial charge in [0, 0.05) is 30.2 Å². The maximum Gasteiger partial charge on any atom is 0.255 e. The van der Waals surface area contributed by atoms with Crippen molar-refractivity contribution in [3.05, 3.63) is 64.3 Å². The molecule has 0 aliphatic rings. The van der Waals surface area contributed by atoms with Crippen molar-refractivity contribution in [1.82, 2.24) is 20.0 Å². The van der Waals surface area contributed by atoms with E-state index in [9.17, 15) is 4.79 Å². The number of aryl methyl sites for hydroxylation is 1. The Morgan fingerprint density at radius 3 is 2.81 bits per heavy atom. The lowest BCUT2D eigenvalue weighted by molar-refractivity contribution is 0.0769. The van der Waals surface area contributed by atoms with E-state index in [2.05, 4.69) is 31.1 Å². The number of carbonyl (C=O) groups excluding carboxylic acids is 1. The molecule has 2 heterocycles. The molecule has 134 valence electrons. The first-order valence-corrected chi connectivity index (χ1v) is 8.81. The van der Waals surface area contributed by atoms with Crippen LogP contribution in [0.1, 0.15) is 29.0 Å². The number of carbonyl (C=O) groups is 1. The fourth-order valence-electron chi connectivity index (χ4n) is 2.21. The van der Waals surface area contributed by atoms with E-state index in [1.165, 1.54) is 11.1 Å². The van der Waals surface area contributed by atoms with E-state index < -0.39 is 0 Å². The monoisotopic (exact) mass is 416 g/mol. The van der Waals surface area contributed by atoms with Crippen LogP contribution in [0.4, 0.5) is 0 Å². The van der Waals surface area contributed by atoms with Gasteiger partial charge in [-0.2, -0.15) is 4.98 Å². The molecule has 0 radical (unpaired) electrons. The molecule has 0 atom stereocenters. The Labute approximate surface area is 159 Å². The van der Waals surface area contributed by atoms with Crippen molar-refractivity contribution < 1.29 is 14.1 Å². The number of hydrogen-bond acceptors (Lipinski definition) is 6. The van der Waals surface area contributed by atoms with Gasteiger partial charge in [-0.05, 0) is 24.3 Å². The molecule has 0 bridgehead atoms. The second-order valence-corrected chi connectivity index (χ2v) is 6.48. The minimum absolute atomic E-state index is 0.192. The van der Waals surface area contributed by atoms with Crippen LogP contribution in [-0.4, -0.2) is 33.0 Å². The third-order valence-corrected chi connectivity index (χ3v) is 4.04. The number of hydrogen-bond donors (Lipinski definition) is 0. The van der Waals surface area contributed by atoms with Gasteiger partial charge in [0.15, 0.2) is 5.82 Å². The van der Waals surface area contributed by atoms with Crippen molar-refractivity contribution in [1.29, 1.82) is 0 Å². The number of rotatable bonds is 6. The molecule has 0 saturated heterocycles. The Balaban J connectivity index is 1.64. The summed E-state index contributed by atoms with van der Waals surface area (Å²) in [5, 5.41) is 3.82. The zero-order chi connectivity index (χ0) is 18.5. The molecule has 1 aromatic carbocycles. The summed E-state index contributed by atoms with van der Waals surface area (Å²) in [7, 11) is 1.67. The van der Waals surface area contributed by atoms with Crippen molar-refractivity contribution in [3.8, 4) is 11.6 Å². The van der Waals surface area contributed by atoms with Crippen molar-refractivity contribution in [3.63, 3.8) is 0 Å². The molecule has 0 N–H and O–H groups in total. The van der Waals surface area contributed by atoms with Gasteiger partial charge >= 0.3 is 0 Å². The first-order valence-electron chi connectivity index (χ1n) is 8.01. The van der Waals surface area contributed by atoms with Crippen LogP contribution < -0.4 is 4.74 Å². The van der Waals surface area contributed by atoms with Crippen LogP contribution in [0.3, 0.4) is 0 Å². The fourth-order valence-corrected chi connectivity index (χ4v) is 2.59. The van der Waals surface area contributed by atoms with E-state index in [4.69, 9.17) is 9.26 Å². The van der Waals surface area contributed by atoms with Crippen LogP contribution in [0.25, 0.3) is 0 Å². The molecule has 2 aromatic heterocycles. The fraction of sp³-hybridized carbons (Fsp3) is 0.222. The second kappa shape index (κ2) is 8.09. The maximum atomic E-state index is 12.5. The average molecular weight is 417 g/mol. The molecule has 26 heavy (non-hydrogen) atoms. The van der Waals surface area contributed by atoms with Gasteiger partial charge in [0.25, 0.3) is 5.91 Å². The number of benzene rings is 1. The zero-order valence-corrected chi connectivity index (χ0v) is 15.9. The van der Waals surface area contributed by atoms with E-state index in [0.29, 0.717) is 35.3 Å². The molecule has 0 aliphatic carbocycles. The van der Waals surface area contributed by atoms with Gasteiger partial charge in [-0.3, -0.25) is 4.79 Å². The SMILES string of the molecule is CCc1noc(CN(C)C(=O)c2ccc(Oc3cccc(Br)c3)nc2)n1. The number of nitrogens with zero attached hydrogens (tertiary/aromatic N) is 4. The Morgan fingerprint density at radius 2 is 2.15 bits per heavy atom. The van der Waals surface area contributed by atoms with Gasteiger partial charge < -0.3 is 14.2 Å².